The SMILES string of the molecule is CCOC1CC(n2c(SCC(=O)O)nc3cccnc32)C1. The topological polar surface area (TPSA) is 77.2 Å². The van der Waals surface area contributed by atoms with E-state index in [2.05, 4.69) is 14.5 Å². The first-order valence-corrected chi connectivity index (χ1v) is 7.96. The van der Waals surface area contributed by atoms with Crippen molar-refractivity contribution in [2.24, 2.45) is 0 Å². The number of thioether (sulfide) groups is 1. The number of carboxylic acid groups (broad SMARTS) is 1. The first-order valence-electron chi connectivity index (χ1n) is 6.98. The van der Waals surface area contributed by atoms with Gasteiger partial charge in [-0.25, -0.2) is 9.97 Å². The molecule has 1 N–H and O–H groups in total. The molecule has 3 rings (SSSR count). The smallest absolute Gasteiger partial charge is 0.313 e. The number of ether oxygens (including phenoxy) is 1. The Hall–Kier alpha value is -1.60. The first-order chi connectivity index (χ1) is 10.2. The molecule has 0 bridgehead atoms. The summed E-state index contributed by atoms with van der Waals surface area (Å²) < 4.78 is 7.67. The number of nitrogens with zero attached hydrogens (tertiary/aromatic N) is 3. The first kappa shape index (κ1) is 14.3. The van der Waals surface area contributed by atoms with E-state index in [4.69, 9.17) is 9.84 Å². The van der Waals surface area contributed by atoms with Gasteiger partial charge in [-0.05, 0) is 31.9 Å². The zero-order valence-electron chi connectivity index (χ0n) is 11.7. The van der Waals surface area contributed by atoms with Crippen LogP contribution in [0.25, 0.3) is 11.2 Å². The predicted octanol–water partition coefficient (Wildman–Crippen LogP) is 2.35. The monoisotopic (exact) mass is 307 g/mol. The third-order valence-corrected chi connectivity index (χ3v) is 4.52. The molecule has 7 heteroatoms. The molecule has 2 heterocycles. The summed E-state index contributed by atoms with van der Waals surface area (Å²) in [7, 11) is 0. The Labute approximate surface area is 126 Å². The van der Waals surface area contributed by atoms with Crippen molar-refractivity contribution < 1.29 is 14.6 Å². The fourth-order valence-electron chi connectivity index (χ4n) is 2.59. The number of fused-ring (bicyclic) bond motifs is 1. The van der Waals surface area contributed by atoms with Crippen molar-refractivity contribution in [1.29, 1.82) is 0 Å². The van der Waals surface area contributed by atoms with E-state index in [9.17, 15) is 4.79 Å². The molecule has 0 radical (unpaired) electrons. The summed E-state index contributed by atoms with van der Waals surface area (Å²) in [5, 5.41) is 9.60. The van der Waals surface area contributed by atoms with Crippen LogP contribution in [0.2, 0.25) is 0 Å². The molecule has 0 unspecified atom stereocenters. The highest BCUT2D eigenvalue weighted by molar-refractivity contribution is 7.99. The largest absolute Gasteiger partial charge is 0.481 e. The highest BCUT2D eigenvalue weighted by Crippen LogP contribution is 2.39. The Bertz CT molecular complexity index is 652. The maximum atomic E-state index is 10.8. The Morgan fingerprint density at radius 3 is 3.10 bits per heavy atom. The van der Waals surface area contributed by atoms with Crippen LogP contribution < -0.4 is 0 Å². The zero-order valence-corrected chi connectivity index (χ0v) is 12.5. The Morgan fingerprint density at radius 1 is 1.57 bits per heavy atom. The van der Waals surface area contributed by atoms with E-state index in [0.29, 0.717) is 6.10 Å². The van der Waals surface area contributed by atoms with Gasteiger partial charge < -0.3 is 14.4 Å². The number of pyridine rings is 1. The van der Waals surface area contributed by atoms with Crippen LogP contribution in [0.1, 0.15) is 25.8 Å². The molecule has 0 aliphatic heterocycles. The van der Waals surface area contributed by atoms with Gasteiger partial charge in [-0.3, -0.25) is 4.79 Å². The minimum Gasteiger partial charge on any atom is -0.481 e. The molecule has 112 valence electrons. The molecule has 1 aliphatic carbocycles. The second kappa shape index (κ2) is 6.03. The maximum absolute atomic E-state index is 10.8. The van der Waals surface area contributed by atoms with Crippen molar-refractivity contribution in [2.45, 2.75) is 37.1 Å². The zero-order chi connectivity index (χ0) is 14.8. The Morgan fingerprint density at radius 2 is 2.38 bits per heavy atom. The van der Waals surface area contributed by atoms with E-state index >= 15 is 0 Å². The summed E-state index contributed by atoms with van der Waals surface area (Å²) in [6.07, 6.45) is 3.89. The van der Waals surface area contributed by atoms with Gasteiger partial charge in [0.1, 0.15) is 5.52 Å². The number of aliphatic carboxylic acids is 1. The number of imidazole rings is 1. The van der Waals surface area contributed by atoms with E-state index in [1.165, 1.54) is 11.8 Å². The van der Waals surface area contributed by atoms with Gasteiger partial charge >= 0.3 is 5.97 Å². The van der Waals surface area contributed by atoms with Gasteiger partial charge in [-0.2, -0.15) is 0 Å². The van der Waals surface area contributed by atoms with Crippen LogP contribution >= 0.6 is 11.8 Å². The van der Waals surface area contributed by atoms with Gasteiger partial charge in [0.25, 0.3) is 0 Å². The molecule has 21 heavy (non-hydrogen) atoms. The number of carbonyl (C=O) groups is 1. The number of hydrogen-bond donors (Lipinski definition) is 1. The molecular formula is C14H17N3O3S. The van der Waals surface area contributed by atoms with E-state index in [1.807, 2.05) is 19.1 Å². The lowest BCUT2D eigenvalue weighted by Crippen LogP contribution is -2.33. The number of hydrogen-bond acceptors (Lipinski definition) is 5. The molecule has 1 fully saturated rings. The van der Waals surface area contributed by atoms with Crippen LogP contribution in [0, 0.1) is 0 Å². The third-order valence-electron chi connectivity index (χ3n) is 3.58. The van der Waals surface area contributed by atoms with Gasteiger partial charge in [0.2, 0.25) is 0 Å². The van der Waals surface area contributed by atoms with Crippen molar-refractivity contribution in [1.82, 2.24) is 14.5 Å². The van der Waals surface area contributed by atoms with Crippen LogP contribution in [0.15, 0.2) is 23.5 Å². The average Bonchev–Trinajstić information content (AvgIpc) is 2.78. The third kappa shape index (κ3) is 2.89. The van der Waals surface area contributed by atoms with Crippen molar-refractivity contribution in [2.75, 3.05) is 12.4 Å². The number of rotatable bonds is 6. The molecular weight excluding hydrogens is 290 g/mol. The minimum atomic E-state index is -0.840. The summed E-state index contributed by atoms with van der Waals surface area (Å²) in [6.45, 7) is 2.72. The maximum Gasteiger partial charge on any atom is 0.313 e. The fraction of sp³-hybridized carbons (Fsp3) is 0.500. The lowest BCUT2D eigenvalue weighted by molar-refractivity contribution is -0.133. The van der Waals surface area contributed by atoms with E-state index in [0.717, 1.165) is 35.8 Å². The summed E-state index contributed by atoms with van der Waals surface area (Å²) >= 11 is 1.24. The molecule has 1 aliphatic rings. The van der Waals surface area contributed by atoms with Crippen molar-refractivity contribution in [3.8, 4) is 0 Å². The fourth-order valence-corrected chi connectivity index (χ4v) is 3.38. The Kier molecular flexibility index (Phi) is 4.12. The van der Waals surface area contributed by atoms with E-state index in [-0.39, 0.29) is 11.8 Å². The van der Waals surface area contributed by atoms with Gasteiger partial charge in [0, 0.05) is 18.8 Å². The van der Waals surface area contributed by atoms with Crippen molar-refractivity contribution in [3.63, 3.8) is 0 Å². The van der Waals surface area contributed by atoms with E-state index in [1.54, 1.807) is 6.20 Å². The van der Waals surface area contributed by atoms with E-state index < -0.39 is 5.97 Å². The lowest BCUT2D eigenvalue weighted by atomic mass is 9.89. The van der Waals surface area contributed by atoms with Crippen molar-refractivity contribution >= 4 is 28.9 Å². The molecule has 0 saturated heterocycles. The molecule has 1 saturated carbocycles. The highest BCUT2D eigenvalue weighted by Gasteiger charge is 2.34. The van der Waals surface area contributed by atoms with Crippen LogP contribution in [0.5, 0.6) is 0 Å². The van der Waals surface area contributed by atoms with Crippen LogP contribution in [-0.2, 0) is 9.53 Å². The van der Waals surface area contributed by atoms with Gasteiger partial charge in [-0.15, -0.1) is 0 Å². The average molecular weight is 307 g/mol. The normalized spacial score (nSPS) is 21.4. The van der Waals surface area contributed by atoms with Crippen molar-refractivity contribution in [3.05, 3.63) is 18.3 Å². The van der Waals surface area contributed by atoms with Gasteiger partial charge in [0.05, 0.1) is 11.9 Å². The van der Waals surface area contributed by atoms with Gasteiger partial charge in [0.15, 0.2) is 10.8 Å². The molecule has 0 spiro atoms. The predicted molar refractivity (Wildman–Crippen MR) is 79.6 cm³/mol. The summed E-state index contributed by atoms with van der Waals surface area (Å²) in [5.74, 6) is -0.836. The molecule has 6 nitrogen and oxygen atoms in total. The summed E-state index contributed by atoms with van der Waals surface area (Å²) in [5.41, 5.74) is 1.63. The quantitative estimate of drug-likeness (QED) is 0.825. The molecule has 0 aromatic carbocycles. The molecule has 2 aromatic rings. The Balaban J connectivity index is 1.87. The van der Waals surface area contributed by atoms with Crippen LogP contribution in [-0.4, -0.2) is 44.1 Å². The van der Waals surface area contributed by atoms with Crippen LogP contribution in [0.4, 0.5) is 0 Å². The van der Waals surface area contributed by atoms with Crippen LogP contribution in [0.3, 0.4) is 0 Å². The molecule has 0 atom stereocenters. The second-order valence-electron chi connectivity index (χ2n) is 5.00. The summed E-state index contributed by atoms with van der Waals surface area (Å²) in [4.78, 5) is 19.7. The second-order valence-corrected chi connectivity index (χ2v) is 5.94. The standard InChI is InChI=1S/C14H17N3O3S/c1-2-20-10-6-9(7-10)17-13-11(4-3-5-15-13)16-14(17)21-8-12(18)19/h3-5,9-10H,2,6-8H2,1H3,(H,18,19). The lowest BCUT2D eigenvalue weighted by Gasteiger charge is -2.36. The highest BCUT2D eigenvalue weighted by atomic mass is 32.2. The number of aromatic nitrogens is 3. The minimum absolute atomic E-state index is 0.00489. The van der Waals surface area contributed by atoms with Gasteiger partial charge in [-0.1, -0.05) is 11.8 Å². The summed E-state index contributed by atoms with van der Waals surface area (Å²) in [6, 6.07) is 4.04. The molecule has 0 amide bonds. The molecule has 2 aromatic heterocycles. The number of carboxylic acids is 1.